The summed E-state index contributed by atoms with van der Waals surface area (Å²) in [6.45, 7) is 6.43. The minimum absolute atomic E-state index is 0.474. The SMILES string of the molecule is CC=CCC1(C(=O)O)CCC(C(C)C)CC1. The molecular weight excluding hydrogens is 200 g/mol. The second-order valence-corrected chi connectivity index (χ2v) is 5.44. The fraction of sp³-hybridized carbons (Fsp3) is 0.786. The van der Waals surface area contributed by atoms with Crippen LogP contribution in [0.3, 0.4) is 0 Å². The van der Waals surface area contributed by atoms with E-state index in [4.69, 9.17) is 0 Å². The number of rotatable bonds is 4. The summed E-state index contributed by atoms with van der Waals surface area (Å²) in [6, 6.07) is 0. The number of hydrogen-bond acceptors (Lipinski definition) is 1. The highest BCUT2D eigenvalue weighted by atomic mass is 16.4. The van der Waals surface area contributed by atoms with Crippen LogP contribution in [0.25, 0.3) is 0 Å². The third kappa shape index (κ3) is 2.87. The van der Waals surface area contributed by atoms with E-state index < -0.39 is 11.4 Å². The van der Waals surface area contributed by atoms with Crippen LogP contribution in [-0.4, -0.2) is 11.1 Å². The third-order valence-electron chi connectivity index (χ3n) is 4.13. The first-order valence-corrected chi connectivity index (χ1v) is 6.36. The summed E-state index contributed by atoms with van der Waals surface area (Å²) in [5.41, 5.74) is -0.474. The largest absolute Gasteiger partial charge is 0.481 e. The number of carbonyl (C=O) groups is 1. The number of allylic oxidation sites excluding steroid dienone is 2. The molecule has 0 aliphatic heterocycles. The van der Waals surface area contributed by atoms with Gasteiger partial charge in [-0.05, 0) is 50.9 Å². The zero-order valence-corrected chi connectivity index (χ0v) is 10.7. The van der Waals surface area contributed by atoms with E-state index in [1.807, 2.05) is 19.1 Å². The van der Waals surface area contributed by atoms with Crippen LogP contribution < -0.4 is 0 Å². The van der Waals surface area contributed by atoms with Crippen LogP contribution in [0.1, 0.15) is 52.9 Å². The van der Waals surface area contributed by atoms with Gasteiger partial charge < -0.3 is 5.11 Å². The van der Waals surface area contributed by atoms with E-state index in [9.17, 15) is 9.90 Å². The van der Waals surface area contributed by atoms with Gasteiger partial charge in [0.15, 0.2) is 0 Å². The monoisotopic (exact) mass is 224 g/mol. The van der Waals surface area contributed by atoms with Crippen molar-refractivity contribution >= 4 is 5.97 Å². The molecule has 1 aliphatic rings. The lowest BCUT2D eigenvalue weighted by molar-refractivity contribution is -0.151. The Balaban J connectivity index is 2.66. The van der Waals surface area contributed by atoms with E-state index in [1.54, 1.807) is 0 Å². The van der Waals surface area contributed by atoms with E-state index in [-0.39, 0.29) is 0 Å². The van der Waals surface area contributed by atoms with Gasteiger partial charge >= 0.3 is 5.97 Å². The molecule has 0 unspecified atom stereocenters. The van der Waals surface area contributed by atoms with Crippen molar-refractivity contribution < 1.29 is 9.90 Å². The first kappa shape index (κ1) is 13.3. The predicted octanol–water partition coefficient (Wildman–Crippen LogP) is 3.87. The Morgan fingerprint density at radius 2 is 2.00 bits per heavy atom. The molecule has 1 saturated carbocycles. The number of hydrogen-bond donors (Lipinski definition) is 1. The van der Waals surface area contributed by atoms with Crippen molar-refractivity contribution in [2.75, 3.05) is 0 Å². The summed E-state index contributed by atoms with van der Waals surface area (Å²) in [6.07, 6.45) is 8.49. The van der Waals surface area contributed by atoms with Gasteiger partial charge in [-0.15, -0.1) is 0 Å². The molecule has 0 amide bonds. The second-order valence-electron chi connectivity index (χ2n) is 5.44. The van der Waals surface area contributed by atoms with Gasteiger partial charge in [0, 0.05) is 0 Å². The molecule has 0 radical (unpaired) electrons. The Morgan fingerprint density at radius 1 is 1.44 bits per heavy atom. The van der Waals surface area contributed by atoms with Gasteiger partial charge in [-0.1, -0.05) is 26.0 Å². The molecule has 0 saturated heterocycles. The molecule has 16 heavy (non-hydrogen) atoms. The molecular formula is C14H24O2. The van der Waals surface area contributed by atoms with E-state index in [0.717, 1.165) is 31.6 Å². The zero-order valence-electron chi connectivity index (χ0n) is 10.7. The highest BCUT2D eigenvalue weighted by Gasteiger charge is 2.41. The summed E-state index contributed by atoms with van der Waals surface area (Å²) in [7, 11) is 0. The van der Waals surface area contributed by atoms with E-state index >= 15 is 0 Å². The minimum atomic E-state index is -0.604. The Labute approximate surface area is 98.7 Å². The molecule has 1 N–H and O–H groups in total. The molecule has 1 rings (SSSR count). The van der Waals surface area contributed by atoms with Crippen LogP contribution in [0.4, 0.5) is 0 Å². The van der Waals surface area contributed by atoms with Crippen molar-refractivity contribution in [2.45, 2.75) is 52.9 Å². The Morgan fingerprint density at radius 3 is 2.38 bits per heavy atom. The van der Waals surface area contributed by atoms with Gasteiger partial charge in [-0.25, -0.2) is 0 Å². The molecule has 0 atom stereocenters. The van der Waals surface area contributed by atoms with Gasteiger partial charge in [0.05, 0.1) is 5.41 Å². The average Bonchev–Trinajstić information content (AvgIpc) is 2.26. The fourth-order valence-electron chi connectivity index (χ4n) is 2.71. The minimum Gasteiger partial charge on any atom is -0.481 e. The molecule has 2 heteroatoms. The van der Waals surface area contributed by atoms with Gasteiger partial charge in [0.2, 0.25) is 0 Å². The highest BCUT2D eigenvalue weighted by molar-refractivity contribution is 5.75. The van der Waals surface area contributed by atoms with E-state index in [0.29, 0.717) is 12.3 Å². The summed E-state index contributed by atoms with van der Waals surface area (Å²) >= 11 is 0. The smallest absolute Gasteiger partial charge is 0.309 e. The number of aliphatic carboxylic acids is 1. The number of carboxylic acids is 1. The van der Waals surface area contributed by atoms with Gasteiger partial charge in [0.25, 0.3) is 0 Å². The van der Waals surface area contributed by atoms with Crippen molar-refractivity contribution in [1.29, 1.82) is 0 Å². The molecule has 0 bridgehead atoms. The van der Waals surface area contributed by atoms with Gasteiger partial charge in [-0.3, -0.25) is 4.79 Å². The van der Waals surface area contributed by atoms with Gasteiger partial charge in [-0.2, -0.15) is 0 Å². The van der Waals surface area contributed by atoms with Crippen molar-refractivity contribution in [3.8, 4) is 0 Å². The second kappa shape index (κ2) is 5.51. The van der Waals surface area contributed by atoms with Crippen molar-refractivity contribution in [2.24, 2.45) is 17.3 Å². The highest BCUT2D eigenvalue weighted by Crippen LogP contribution is 2.44. The van der Waals surface area contributed by atoms with Crippen LogP contribution >= 0.6 is 0 Å². The first-order chi connectivity index (χ1) is 7.52. The lowest BCUT2D eigenvalue weighted by Gasteiger charge is -2.37. The Hall–Kier alpha value is -0.790. The van der Waals surface area contributed by atoms with Crippen LogP contribution in [0.2, 0.25) is 0 Å². The standard InChI is InChI=1S/C14H24O2/c1-4-5-8-14(13(15)16)9-6-12(7-10-14)11(2)3/h4-5,11-12H,6-10H2,1-3H3,(H,15,16). The van der Waals surface area contributed by atoms with E-state index in [1.165, 1.54) is 0 Å². The number of carboxylic acid groups (broad SMARTS) is 1. The maximum atomic E-state index is 11.4. The fourth-order valence-corrected chi connectivity index (χ4v) is 2.71. The van der Waals surface area contributed by atoms with E-state index in [2.05, 4.69) is 13.8 Å². The van der Waals surface area contributed by atoms with Crippen LogP contribution in [0.5, 0.6) is 0 Å². The summed E-state index contributed by atoms with van der Waals surface area (Å²) < 4.78 is 0. The summed E-state index contributed by atoms with van der Waals surface area (Å²) in [4.78, 5) is 11.4. The third-order valence-corrected chi connectivity index (χ3v) is 4.13. The molecule has 0 heterocycles. The first-order valence-electron chi connectivity index (χ1n) is 6.36. The average molecular weight is 224 g/mol. The summed E-state index contributed by atoms with van der Waals surface area (Å²) in [5.74, 6) is 0.805. The van der Waals surface area contributed by atoms with Gasteiger partial charge in [0.1, 0.15) is 0 Å². The molecule has 1 fully saturated rings. The van der Waals surface area contributed by atoms with Crippen LogP contribution in [0, 0.1) is 17.3 Å². The topological polar surface area (TPSA) is 37.3 Å². The molecule has 0 aromatic heterocycles. The molecule has 0 aromatic rings. The Kier molecular flexibility index (Phi) is 4.57. The van der Waals surface area contributed by atoms with Crippen molar-refractivity contribution in [3.05, 3.63) is 12.2 Å². The normalized spacial score (nSPS) is 31.1. The van der Waals surface area contributed by atoms with Crippen LogP contribution in [0.15, 0.2) is 12.2 Å². The quantitative estimate of drug-likeness (QED) is 0.736. The van der Waals surface area contributed by atoms with Crippen LogP contribution in [-0.2, 0) is 4.79 Å². The Bertz CT molecular complexity index is 258. The molecule has 92 valence electrons. The van der Waals surface area contributed by atoms with Crippen molar-refractivity contribution in [1.82, 2.24) is 0 Å². The maximum Gasteiger partial charge on any atom is 0.309 e. The predicted molar refractivity (Wildman–Crippen MR) is 66.3 cm³/mol. The molecule has 1 aliphatic carbocycles. The molecule has 2 nitrogen and oxygen atoms in total. The maximum absolute atomic E-state index is 11.4. The lowest BCUT2D eigenvalue weighted by Crippen LogP contribution is -2.36. The lowest BCUT2D eigenvalue weighted by atomic mass is 9.66. The van der Waals surface area contributed by atoms with Crippen molar-refractivity contribution in [3.63, 3.8) is 0 Å². The molecule has 0 spiro atoms. The summed E-state index contributed by atoms with van der Waals surface area (Å²) in [5, 5.41) is 9.41. The molecule has 0 aromatic carbocycles. The zero-order chi connectivity index (χ0) is 12.2.